The Morgan fingerprint density at radius 2 is 1.20 bits per heavy atom. The van der Waals surface area contributed by atoms with Gasteiger partial charge >= 0.3 is 0 Å². The first-order valence-electron chi connectivity index (χ1n) is 14.3. The Bertz CT molecular complexity index is 2250. The molecule has 0 fully saturated rings. The molecule has 0 spiro atoms. The molecule has 7 aromatic rings. The molecule has 4 N–H and O–H groups in total. The molecule has 0 saturated heterocycles. The summed E-state index contributed by atoms with van der Waals surface area (Å²) < 4.78 is 0.943. The molecule has 0 atom stereocenters. The van der Waals surface area contributed by atoms with Crippen molar-refractivity contribution in [2.75, 3.05) is 10.6 Å². The predicted octanol–water partition coefficient (Wildman–Crippen LogP) is 7.70. The van der Waals surface area contributed by atoms with E-state index in [-0.39, 0.29) is 0 Å². The van der Waals surface area contributed by atoms with Crippen LogP contribution in [0.3, 0.4) is 0 Å². The van der Waals surface area contributed by atoms with Crippen LogP contribution in [-0.4, -0.2) is 42.3 Å². The van der Waals surface area contributed by atoms with Gasteiger partial charge in [-0.05, 0) is 68.0 Å². The third kappa shape index (κ3) is 5.23. The number of anilines is 4. The quantitative estimate of drug-likeness (QED) is 0.151. The van der Waals surface area contributed by atoms with E-state index in [4.69, 9.17) is 0 Å². The molecule has 2 aliphatic rings. The number of rotatable bonds is 5. The van der Waals surface area contributed by atoms with Crippen molar-refractivity contribution in [3.05, 3.63) is 119 Å². The molecule has 0 bridgehead atoms. The molecule has 9 rings (SSSR count). The van der Waals surface area contributed by atoms with Gasteiger partial charge in [-0.15, -0.1) is 0 Å². The van der Waals surface area contributed by atoms with Crippen molar-refractivity contribution >= 4 is 73.4 Å². The highest BCUT2D eigenvalue weighted by Gasteiger charge is 2.14. The first-order valence-corrected chi connectivity index (χ1v) is 15.1. The van der Waals surface area contributed by atoms with Crippen molar-refractivity contribution in [3.8, 4) is 11.1 Å². The van der Waals surface area contributed by atoms with Crippen molar-refractivity contribution < 1.29 is 0 Å². The lowest BCUT2D eigenvalue weighted by molar-refractivity contribution is 1.11. The first kappa shape index (κ1) is 26.9. The topological polar surface area (TPSA) is 132 Å². The number of hydrogen-bond donors (Lipinski definition) is 4. The summed E-state index contributed by atoms with van der Waals surface area (Å²) in [6.07, 6.45) is 10.8. The van der Waals surface area contributed by atoms with Gasteiger partial charge in [0.2, 0.25) is 0 Å². The van der Waals surface area contributed by atoms with Crippen molar-refractivity contribution in [1.29, 1.82) is 0 Å². The molecule has 218 valence electrons. The van der Waals surface area contributed by atoms with E-state index in [2.05, 4.69) is 109 Å². The molecule has 0 saturated carbocycles. The Balaban J connectivity index is 0.000000137. The second-order valence-electron chi connectivity index (χ2n) is 10.6. The zero-order chi connectivity index (χ0) is 30.2. The fraction of sp³-hybridized carbons (Fsp3) is 0.0588. The van der Waals surface area contributed by atoms with E-state index < -0.39 is 0 Å². The molecule has 0 radical (unpaired) electrons. The van der Waals surface area contributed by atoms with Gasteiger partial charge in [-0.3, -0.25) is 9.98 Å². The van der Waals surface area contributed by atoms with E-state index in [9.17, 15) is 0 Å². The molecule has 2 aliphatic heterocycles. The van der Waals surface area contributed by atoms with Gasteiger partial charge in [0.05, 0.1) is 23.9 Å². The summed E-state index contributed by atoms with van der Waals surface area (Å²) in [6.45, 7) is 1.54. The van der Waals surface area contributed by atoms with E-state index in [1.807, 2.05) is 49.1 Å². The maximum Gasteiger partial charge on any atom is 0.144 e. The minimum atomic E-state index is 0.767. The maximum atomic E-state index is 4.48. The molecule has 11 heteroatoms. The molecule has 0 amide bonds. The number of aromatic amines is 2. The predicted molar refractivity (Wildman–Crippen MR) is 183 cm³/mol. The second-order valence-corrected chi connectivity index (χ2v) is 11.5. The number of halogens is 1. The smallest absolute Gasteiger partial charge is 0.144 e. The summed E-state index contributed by atoms with van der Waals surface area (Å²) in [5, 5.41) is 8.72. The van der Waals surface area contributed by atoms with Gasteiger partial charge < -0.3 is 20.6 Å². The second kappa shape index (κ2) is 11.4. The van der Waals surface area contributed by atoms with Gasteiger partial charge in [0.1, 0.15) is 35.6 Å². The molecule has 45 heavy (non-hydrogen) atoms. The molecular weight excluding hydrogens is 628 g/mol. The number of benzene rings is 3. The average molecular weight is 654 g/mol. The largest absolute Gasteiger partial charge is 0.345 e. The van der Waals surface area contributed by atoms with Crippen LogP contribution in [0.25, 0.3) is 33.2 Å². The van der Waals surface area contributed by atoms with Gasteiger partial charge in [0.15, 0.2) is 0 Å². The van der Waals surface area contributed by atoms with Crippen LogP contribution in [0.15, 0.2) is 106 Å². The monoisotopic (exact) mass is 652 g/mol. The SMILES string of the molecule is Brc1c[nH]c2ncnc(Nc3ccc4c(c3)C=NC4)c12.C1=NCc2ccc(Nc3ncnc4[nH]cc(-c5ccccc5)c34)cc21. The van der Waals surface area contributed by atoms with Crippen LogP contribution in [0, 0.1) is 0 Å². The maximum absolute atomic E-state index is 4.48. The van der Waals surface area contributed by atoms with Crippen molar-refractivity contribution in [3.63, 3.8) is 0 Å². The van der Waals surface area contributed by atoms with E-state index in [1.54, 1.807) is 12.7 Å². The zero-order valence-electron chi connectivity index (χ0n) is 23.8. The summed E-state index contributed by atoms with van der Waals surface area (Å²) in [5.41, 5.74) is 10.7. The van der Waals surface area contributed by atoms with Crippen molar-refractivity contribution in [1.82, 2.24) is 29.9 Å². The van der Waals surface area contributed by atoms with Crippen molar-refractivity contribution in [2.24, 2.45) is 9.98 Å². The zero-order valence-corrected chi connectivity index (χ0v) is 25.4. The number of hydrogen-bond acceptors (Lipinski definition) is 8. The lowest BCUT2D eigenvalue weighted by Crippen LogP contribution is -1.97. The van der Waals surface area contributed by atoms with Crippen LogP contribution < -0.4 is 10.6 Å². The van der Waals surface area contributed by atoms with Crippen LogP contribution in [0.4, 0.5) is 23.0 Å². The Hall–Kier alpha value is -5.68. The van der Waals surface area contributed by atoms with E-state index >= 15 is 0 Å². The van der Waals surface area contributed by atoms with Crippen LogP contribution in [-0.2, 0) is 13.1 Å². The number of fused-ring (bicyclic) bond motifs is 4. The fourth-order valence-corrected chi connectivity index (χ4v) is 6.04. The molecule has 3 aromatic carbocycles. The number of nitrogens with one attached hydrogen (secondary N) is 4. The lowest BCUT2D eigenvalue weighted by atomic mass is 10.1. The van der Waals surface area contributed by atoms with E-state index in [0.717, 1.165) is 84.9 Å². The fourth-order valence-electron chi connectivity index (χ4n) is 5.55. The first-order chi connectivity index (χ1) is 22.2. The summed E-state index contributed by atoms with van der Waals surface area (Å²) in [7, 11) is 0. The Morgan fingerprint density at radius 1 is 0.622 bits per heavy atom. The molecule has 10 nitrogen and oxygen atoms in total. The van der Waals surface area contributed by atoms with Gasteiger partial charge in [0, 0.05) is 46.2 Å². The molecular formula is C34H25BrN10. The number of nitrogens with zero attached hydrogens (tertiary/aromatic N) is 6. The highest BCUT2D eigenvalue weighted by Crippen LogP contribution is 2.34. The summed E-state index contributed by atoms with van der Waals surface area (Å²) in [5.74, 6) is 1.57. The van der Waals surface area contributed by atoms with Crippen LogP contribution >= 0.6 is 15.9 Å². The molecule has 4 aromatic heterocycles. The summed E-state index contributed by atoms with van der Waals surface area (Å²) in [4.78, 5) is 32.3. The number of aliphatic imine (C=N–C) groups is 2. The molecule has 6 heterocycles. The van der Waals surface area contributed by atoms with Crippen LogP contribution in [0.1, 0.15) is 22.3 Å². The summed E-state index contributed by atoms with van der Waals surface area (Å²) >= 11 is 3.51. The number of H-pyrrole nitrogens is 2. The Morgan fingerprint density at radius 3 is 1.84 bits per heavy atom. The van der Waals surface area contributed by atoms with E-state index in [1.165, 1.54) is 11.1 Å². The summed E-state index contributed by atoms with van der Waals surface area (Å²) in [6, 6.07) is 22.8. The van der Waals surface area contributed by atoms with Crippen LogP contribution in [0.5, 0.6) is 0 Å². The average Bonchev–Trinajstić information content (AvgIpc) is 3.89. The highest BCUT2D eigenvalue weighted by molar-refractivity contribution is 9.10. The van der Waals surface area contributed by atoms with Gasteiger partial charge in [-0.1, -0.05) is 42.5 Å². The highest BCUT2D eigenvalue weighted by atomic mass is 79.9. The van der Waals surface area contributed by atoms with Gasteiger partial charge in [-0.25, -0.2) is 19.9 Å². The van der Waals surface area contributed by atoms with E-state index in [0.29, 0.717) is 0 Å². The molecule has 0 unspecified atom stereocenters. The Labute approximate surface area is 266 Å². The minimum Gasteiger partial charge on any atom is -0.345 e. The van der Waals surface area contributed by atoms with Crippen LogP contribution in [0.2, 0.25) is 0 Å². The van der Waals surface area contributed by atoms with Gasteiger partial charge in [0.25, 0.3) is 0 Å². The lowest BCUT2D eigenvalue weighted by Gasteiger charge is -2.09. The number of aromatic nitrogens is 6. The van der Waals surface area contributed by atoms with Crippen molar-refractivity contribution in [2.45, 2.75) is 13.1 Å². The van der Waals surface area contributed by atoms with Gasteiger partial charge in [-0.2, -0.15) is 0 Å². The third-order valence-electron chi connectivity index (χ3n) is 7.78. The minimum absolute atomic E-state index is 0.767. The normalized spacial score (nSPS) is 12.6. The Kier molecular flexibility index (Phi) is 6.84. The standard InChI is InChI=1S/C20H15N5.C14H10BrN5/c1-2-4-13(5-3-1)17-11-22-19-18(17)20(24-12-23-19)25-16-7-6-14-9-21-10-15(14)8-16;15-11-6-17-13-12(11)14(19-7-18-13)20-10-2-1-8-4-16-5-9(8)3-10/h1-8,10-12H,9H2,(H2,22,23,24,25);1-3,5-7H,4H2,(H2,17,18,19,20). The molecule has 0 aliphatic carbocycles. The third-order valence-corrected chi connectivity index (χ3v) is 8.40.